The second kappa shape index (κ2) is 12.4. The fourth-order valence-electron chi connectivity index (χ4n) is 2.88. The highest BCUT2D eigenvalue weighted by Gasteiger charge is 2.24. The van der Waals surface area contributed by atoms with Crippen molar-refractivity contribution in [1.82, 2.24) is 0 Å². The van der Waals surface area contributed by atoms with Crippen LogP contribution in [0.2, 0.25) is 20.1 Å². The molecule has 0 aliphatic heterocycles. The van der Waals surface area contributed by atoms with E-state index >= 15 is 0 Å². The molecule has 0 fully saturated rings. The molecule has 8 heteroatoms. The third kappa shape index (κ3) is 6.52. The minimum Gasteiger partial charge on any atom is -0.494 e. The van der Waals surface area contributed by atoms with Crippen LogP contribution in [0, 0.1) is 0 Å². The summed E-state index contributed by atoms with van der Waals surface area (Å²) in [5.74, 6) is 0.0917. The lowest BCUT2D eigenvalue weighted by molar-refractivity contribution is 0.101. The lowest BCUT2D eigenvalue weighted by Crippen LogP contribution is -2.15. The van der Waals surface area contributed by atoms with E-state index in [0.717, 1.165) is 12.8 Å². The molecule has 0 unspecified atom stereocenters. The summed E-state index contributed by atoms with van der Waals surface area (Å²) in [4.78, 5) is 24.1. The zero-order chi connectivity index (χ0) is 22.1. The number of hydrogen-bond donors (Lipinski definition) is 1. The molecule has 0 atom stereocenters. The lowest BCUT2D eigenvalue weighted by atomic mass is 10.1. The van der Waals surface area contributed by atoms with Crippen LogP contribution < -0.4 is 10.1 Å². The molecule has 0 saturated carbocycles. The van der Waals surface area contributed by atoms with E-state index in [2.05, 4.69) is 12.2 Å². The van der Waals surface area contributed by atoms with Crippen molar-refractivity contribution in [2.75, 3.05) is 11.9 Å². The highest BCUT2D eigenvalue weighted by atomic mass is 35.5. The van der Waals surface area contributed by atoms with E-state index in [4.69, 9.17) is 51.1 Å². The van der Waals surface area contributed by atoms with Crippen LogP contribution in [0.15, 0.2) is 24.3 Å². The first-order valence-electron chi connectivity index (χ1n) is 9.76. The van der Waals surface area contributed by atoms with Crippen LogP contribution in [0.5, 0.6) is 5.75 Å². The number of aldehydes is 1. The summed E-state index contributed by atoms with van der Waals surface area (Å²) in [6.45, 7) is 2.85. The number of rotatable bonds is 11. The molecule has 30 heavy (non-hydrogen) atoms. The van der Waals surface area contributed by atoms with Gasteiger partial charge in [0.1, 0.15) is 5.75 Å². The van der Waals surface area contributed by atoms with E-state index in [-0.39, 0.29) is 31.2 Å². The Labute approximate surface area is 196 Å². The molecule has 0 aromatic heterocycles. The molecule has 2 aromatic rings. The minimum absolute atomic E-state index is 0.0751. The summed E-state index contributed by atoms with van der Waals surface area (Å²) in [7, 11) is 0. The number of amides is 1. The maximum atomic E-state index is 12.7. The van der Waals surface area contributed by atoms with Gasteiger partial charge in [0.05, 0.1) is 32.3 Å². The van der Waals surface area contributed by atoms with Crippen LogP contribution in [-0.4, -0.2) is 18.8 Å². The highest BCUT2D eigenvalue weighted by molar-refractivity contribution is 6.54. The van der Waals surface area contributed by atoms with Crippen molar-refractivity contribution in [2.24, 2.45) is 0 Å². The standard InChI is InChI=1S/C22H23Cl4NO3/c1-2-3-4-5-6-7-12-30-15-10-8-14(9-11-15)27-22(29)17-16(13-28)18(23)20(25)21(26)19(17)24/h8-11,13H,2-7,12H2,1H3,(H,27,29). The van der Waals surface area contributed by atoms with Gasteiger partial charge in [-0.25, -0.2) is 0 Å². The first kappa shape index (κ1) is 24.8. The van der Waals surface area contributed by atoms with Crippen molar-refractivity contribution in [1.29, 1.82) is 0 Å². The minimum atomic E-state index is -0.622. The normalized spacial score (nSPS) is 10.7. The SMILES string of the molecule is CCCCCCCCOc1ccc(NC(=O)c2c(Cl)c(Cl)c(Cl)c(Cl)c2C=O)cc1. The van der Waals surface area contributed by atoms with Gasteiger partial charge in [-0.3, -0.25) is 9.59 Å². The molecule has 0 saturated heterocycles. The molecule has 4 nitrogen and oxygen atoms in total. The van der Waals surface area contributed by atoms with Crippen molar-refractivity contribution < 1.29 is 14.3 Å². The molecule has 0 radical (unpaired) electrons. The number of ether oxygens (including phenoxy) is 1. The highest BCUT2D eigenvalue weighted by Crippen LogP contribution is 2.41. The third-order valence-electron chi connectivity index (χ3n) is 4.53. The Bertz CT molecular complexity index is 885. The number of unbranched alkanes of at least 4 members (excludes halogenated alkanes) is 5. The third-order valence-corrected chi connectivity index (χ3v) is 6.34. The molecule has 0 aliphatic rings. The van der Waals surface area contributed by atoms with E-state index in [1.54, 1.807) is 24.3 Å². The summed E-state index contributed by atoms with van der Waals surface area (Å²) >= 11 is 24.1. The summed E-state index contributed by atoms with van der Waals surface area (Å²) in [5, 5.41) is 2.26. The summed E-state index contributed by atoms with van der Waals surface area (Å²) in [5.41, 5.74) is 0.254. The largest absolute Gasteiger partial charge is 0.494 e. The second-order valence-corrected chi connectivity index (χ2v) is 8.27. The Hall–Kier alpha value is -1.46. The van der Waals surface area contributed by atoms with Gasteiger partial charge in [0.15, 0.2) is 6.29 Å². The van der Waals surface area contributed by atoms with Gasteiger partial charge in [0.2, 0.25) is 0 Å². The van der Waals surface area contributed by atoms with Gasteiger partial charge >= 0.3 is 0 Å². The van der Waals surface area contributed by atoms with Crippen molar-refractivity contribution in [2.45, 2.75) is 45.4 Å². The predicted molar refractivity (Wildman–Crippen MR) is 125 cm³/mol. The van der Waals surface area contributed by atoms with Gasteiger partial charge in [-0.2, -0.15) is 0 Å². The van der Waals surface area contributed by atoms with Gasteiger partial charge in [0, 0.05) is 11.3 Å². The fourth-order valence-corrected chi connectivity index (χ4v) is 3.88. The quantitative estimate of drug-likeness (QED) is 0.150. The molecule has 1 N–H and O–H groups in total. The Morgan fingerprint density at radius 2 is 1.50 bits per heavy atom. The molecular weight excluding hydrogens is 468 g/mol. The Kier molecular flexibility index (Phi) is 10.3. The van der Waals surface area contributed by atoms with Crippen LogP contribution in [0.3, 0.4) is 0 Å². The fraction of sp³-hybridized carbons (Fsp3) is 0.364. The van der Waals surface area contributed by atoms with E-state index < -0.39 is 5.91 Å². The first-order chi connectivity index (χ1) is 14.4. The summed E-state index contributed by atoms with van der Waals surface area (Å²) < 4.78 is 5.73. The number of nitrogens with one attached hydrogen (secondary N) is 1. The zero-order valence-electron chi connectivity index (χ0n) is 16.6. The number of hydrogen-bond acceptors (Lipinski definition) is 3. The Balaban J connectivity index is 1.98. The molecule has 2 aromatic carbocycles. The number of anilines is 1. The number of carbonyl (C=O) groups is 2. The smallest absolute Gasteiger partial charge is 0.258 e. The molecule has 0 bridgehead atoms. The molecule has 162 valence electrons. The zero-order valence-corrected chi connectivity index (χ0v) is 19.6. The van der Waals surface area contributed by atoms with Crippen LogP contribution in [0.1, 0.15) is 66.2 Å². The van der Waals surface area contributed by atoms with Crippen LogP contribution in [-0.2, 0) is 0 Å². The van der Waals surface area contributed by atoms with Gasteiger partial charge in [-0.05, 0) is 30.7 Å². The van der Waals surface area contributed by atoms with Crippen LogP contribution in [0.25, 0.3) is 0 Å². The van der Waals surface area contributed by atoms with Gasteiger partial charge in [-0.1, -0.05) is 85.4 Å². The molecule has 1 amide bonds. The molecule has 0 heterocycles. The molecule has 0 spiro atoms. The van der Waals surface area contributed by atoms with Crippen LogP contribution in [0.4, 0.5) is 5.69 Å². The van der Waals surface area contributed by atoms with Gasteiger partial charge < -0.3 is 10.1 Å². The molecule has 2 rings (SSSR count). The Morgan fingerprint density at radius 1 is 0.900 bits per heavy atom. The predicted octanol–water partition coefficient (Wildman–Crippen LogP) is 8.10. The van der Waals surface area contributed by atoms with Crippen molar-refractivity contribution in [3.8, 4) is 5.75 Å². The van der Waals surface area contributed by atoms with E-state index in [1.807, 2.05) is 0 Å². The number of carbonyl (C=O) groups excluding carboxylic acids is 2. The average molecular weight is 491 g/mol. The number of halogens is 4. The molecular formula is C22H23Cl4NO3. The maximum Gasteiger partial charge on any atom is 0.258 e. The summed E-state index contributed by atoms with van der Waals surface area (Å²) in [6, 6.07) is 6.91. The van der Waals surface area contributed by atoms with E-state index in [9.17, 15) is 9.59 Å². The van der Waals surface area contributed by atoms with E-state index in [1.165, 1.54) is 25.7 Å². The second-order valence-electron chi connectivity index (χ2n) is 6.76. The lowest BCUT2D eigenvalue weighted by Gasteiger charge is -2.13. The topological polar surface area (TPSA) is 55.4 Å². The summed E-state index contributed by atoms with van der Waals surface area (Å²) in [6.07, 6.45) is 7.59. The monoisotopic (exact) mass is 489 g/mol. The van der Waals surface area contributed by atoms with E-state index in [0.29, 0.717) is 24.3 Å². The van der Waals surface area contributed by atoms with Gasteiger partial charge in [0.25, 0.3) is 5.91 Å². The Morgan fingerprint density at radius 3 is 2.13 bits per heavy atom. The first-order valence-corrected chi connectivity index (χ1v) is 11.3. The van der Waals surface area contributed by atoms with Crippen molar-refractivity contribution >= 4 is 64.3 Å². The average Bonchev–Trinajstić information content (AvgIpc) is 2.75. The van der Waals surface area contributed by atoms with Crippen molar-refractivity contribution in [3.63, 3.8) is 0 Å². The van der Waals surface area contributed by atoms with Crippen molar-refractivity contribution in [3.05, 3.63) is 55.5 Å². The maximum absolute atomic E-state index is 12.7. The van der Waals surface area contributed by atoms with Gasteiger partial charge in [-0.15, -0.1) is 0 Å². The van der Waals surface area contributed by atoms with Crippen LogP contribution >= 0.6 is 46.4 Å². The number of benzene rings is 2. The molecule has 0 aliphatic carbocycles.